The molecule has 0 atom stereocenters. The van der Waals surface area contributed by atoms with Crippen LogP contribution in [0.2, 0.25) is 0 Å². The van der Waals surface area contributed by atoms with Gasteiger partial charge in [-0.15, -0.1) is 0 Å². The summed E-state index contributed by atoms with van der Waals surface area (Å²) in [5, 5.41) is 0.534. The molecule has 1 aliphatic heterocycles. The Bertz CT molecular complexity index is 1140. The van der Waals surface area contributed by atoms with Crippen molar-refractivity contribution in [3.05, 3.63) is 59.4 Å². The Hall–Kier alpha value is -2.60. The summed E-state index contributed by atoms with van der Waals surface area (Å²) in [5.74, 6) is -0.884. The lowest BCUT2D eigenvalue weighted by atomic mass is 9.68. The zero-order chi connectivity index (χ0) is 22.9. The predicted molar refractivity (Wildman–Crippen MR) is 124 cm³/mol. The summed E-state index contributed by atoms with van der Waals surface area (Å²) < 4.78 is 42.0. The van der Waals surface area contributed by atoms with Crippen LogP contribution in [-0.4, -0.2) is 35.3 Å². The maximum Gasteiger partial charge on any atom is 0.150 e. The van der Waals surface area contributed by atoms with Crippen molar-refractivity contribution < 1.29 is 18.0 Å². The number of hydrogen-bond acceptors (Lipinski definition) is 2. The first-order chi connectivity index (χ1) is 16.0. The molecule has 1 aliphatic carbocycles. The molecule has 1 saturated carbocycles. The fourth-order valence-electron chi connectivity index (χ4n) is 5.54. The standard InChI is InChI=1S/C27H29F3N2O/c28-20-6-4-18(5-7-20)26-25(23-15-21(29)16-24(30)27(23)31-26)19-12-17(13-19)14-22(33)8-11-32-9-2-1-3-10-32/h4-7,15-17,19,31H,1-3,8-14H2/t17-,19-. The molecule has 3 nitrogen and oxygen atoms in total. The van der Waals surface area contributed by atoms with Crippen LogP contribution in [0.5, 0.6) is 0 Å². The van der Waals surface area contributed by atoms with Gasteiger partial charge in [0.2, 0.25) is 0 Å². The minimum atomic E-state index is -0.636. The van der Waals surface area contributed by atoms with E-state index in [2.05, 4.69) is 9.88 Å². The molecule has 2 fully saturated rings. The van der Waals surface area contributed by atoms with Crippen molar-refractivity contribution >= 4 is 16.7 Å². The highest BCUT2D eigenvalue weighted by Gasteiger charge is 2.35. The van der Waals surface area contributed by atoms with Crippen LogP contribution in [0.25, 0.3) is 22.2 Å². The molecule has 6 heteroatoms. The maximum absolute atomic E-state index is 14.5. The lowest BCUT2D eigenvalue weighted by molar-refractivity contribution is -0.121. The molecule has 3 aromatic rings. The highest BCUT2D eigenvalue weighted by Crippen LogP contribution is 2.49. The number of benzene rings is 2. The number of carbonyl (C=O) groups excluding carboxylic acids is 1. The number of halogens is 3. The van der Waals surface area contributed by atoms with E-state index in [0.717, 1.165) is 49.7 Å². The lowest BCUT2D eigenvalue weighted by Crippen LogP contribution is -2.32. The number of piperidine rings is 1. The minimum absolute atomic E-state index is 0.111. The monoisotopic (exact) mass is 454 g/mol. The summed E-state index contributed by atoms with van der Waals surface area (Å²) in [4.78, 5) is 18.0. The first-order valence-corrected chi connectivity index (χ1v) is 12.0. The van der Waals surface area contributed by atoms with E-state index < -0.39 is 11.6 Å². The van der Waals surface area contributed by atoms with Gasteiger partial charge in [-0.05, 0) is 92.1 Å². The zero-order valence-electron chi connectivity index (χ0n) is 18.7. The molecule has 1 saturated heterocycles. The number of likely N-dealkylation sites (tertiary alicyclic amines) is 1. The van der Waals surface area contributed by atoms with E-state index in [1.807, 2.05) is 0 Å². The highest BCUT2D eigenvalue weighted by atomic mass is 19.1. The van der Waals surface area contributed by atoms with Gasteiger partial charge in [-0.1, -0.05) is 6.42 Å². The Morgan fingerprint density at radius 1 is 0.970 bits per heavy atom. The molecule has 1 N–H and O–H groups in total. The maximum atomic E-state index is 14.5. The molecule has 0 radical (unpaired) electrons. The van der Waals surface area contributed by atoms with Crippen LogP contribution in [0.4, 0.5) is 13.2 Å². The minimum Gasteiger partial charge on any atom is -0.352 e. The van der Waals surface area contributed by atoms with Crippen molar-refractivity contribution in [3.8, 4) is 11.3 Å². The van der Waals surface area contributed by atoms with Crippen molar-refractivity contribution in [2.45, 2.75) is 50.9 Å². The van der Waals surface area contributed by atoms with Crippen molar-refractivity contribution in [1.29, 1.82) is 0 Å². The molecule has 33 heavy (non-hydrogen) atoms. The van der Waals surface area contributed by atoms with Crippen LogP contribution in [0.15, 0.2) is 36.4 Å². The van der Waals surface area contributed by atoms with E-state index in [0.29, 0.717) is 35.6 Å². The van der Waals surface area contributed by atoms with E-state index >= 15 is 0 Å². The Kier molecular flexibility index (Phi) is 6.28. The molecule has 5 rings (SSSR count). The molecule has 2 aliphatic rings. The third-order valence-electron chi connectivity index (χ3n) is 7.31. The van der Waals surface area contributed by atoms with Crippen molar-refractivity contribution in [3.63, 3.8) is 0 Å². The van der Waals surface area contributed by atoms with Gasteiger partial charge in [-0.25, -0.2) is 13.2 Å². The van der Waals surface area contributed by atoms with E-state index in [-0.39, 0.29) is 17.3 Å². The molecule has 1 aromatic heterocycles. The normalized spacial score (nSPS) is 21.3. The van der Waals surface area contributed by atoms with Gasteiger partial charge in [0.15, 0.2) is 0 Å². The molecular weight excluding hydrogens is 425 g/mol. The van der Waals surface area contributed by atoms with Crippen LogP contribution >= 0.6 is 0 Å². The number of aromatic amines is 1. The Morgan fingerprint density at radius 3 is 2.42 bits per heavy atom. The number of carbonyl (C=O) groups is 1. The lowest BCUT2D eigenvalue weighted by Gasteiger charge is -2.36. The molecule has 2 heterocycles. The number of fused-ring (bicyclic) bond motifs is 1. The number of H-pyrrole nitrogens is 1. The van der Waals surface area contributed by atoms with E-state index in [4.69, 9.17) is 0 Å². The second-order valence-electron chi connectivity index (χ2n) is 9.66. The summed E-state index contributed by atoms with van der Waals surface area (Å²) in [6.07, 6.45) is 6.53. The number of rotatable bonds is 7. The Labute approximate surface area is 192 Å². The summed E-state index contributed by atoms with van der Waals surface area (Å²) >= 11 is 0. The summed E-state index contributed by atoms with van der Waals surface area (Å²) in [5.41, 5.74) is 2.58. The second-order valence-corrected chi connectivity index (χ2v) is 9.66. The first-order valence-electron chi connectivity index (χ1n) is 12.0. The number of nitrogens with zero attached hydrogens (tertiary/aromatic N) is 1. The molecular formula is C27H29F3N2O. The van der Waals surface area contributed by atoms with Gasteiger partial charge in [0.1, 0.15) is 23.2 Å². The molecule has 0 bridgehead atoms. The third-order valence-corrected chi connectivity index (χ3v) is 7.31. The van der Waals surface area contributed by atoms with Crippen LogP contribution in [0.1, 0.15) is 56.4 Å². The van der Waals surface area contributed by atoms with Crippen molar-refractivity contribution in [2.75, 3.05) is 19.6 Å². The fraction of sp³-hybridized carbons (Fsp3) is 0.444. The number of hydrogen-bond donors (Lipinski definition) is 1. The SMILES string of the molecule is O=C(CCN1CCCCC1)C[C@H]1C[C@H](c2c(-c3ccc(F)cc3)[nH]c3c(F)cc(F)cc32)C1. The number of Topliss-reactive ketones (excluding diaryl/α,β-unsaturated/α-hetero) is 1. The summed E-state index contributed by atoms with van der Waals surface area (Å²) in [6.45, 7) is 3.04. The highest BCUT2D eigenvalue weighted by molar-refractivity contribution is 5.92. The fourth-order valence-corrected chi connectivity index (χ4v) is 5.54. The summed E-state index contributed by atoms with van der Waals surface area (Å²) in [6, 6.07) is 8.28. The number of ketones is 1. The average molecular weight is 455 g/mol. The van der Waals surface area contributed by atoms with Gasteiger partial charge in [-0.2, -0.15) is 0 Å². The average Bonchev–Trinajstić information content (AvgIpc) is 3.15. The van der Waals surface area contributed by atoms with Crippen LogP contribution < -0.4 is 0 Å². The topological polar surface area (TPSA) is 36.1 Å². The largest absolute Gasteiger partial charge is 0.352 e. The van der Waals surface area contributed by atoms with E-state index in [1.165, 1.54) is 37.5 Å². The van der Waals surface area contributed by atoms with Gasteiger partial charge < -0.3 is 9.88 Å². The molecule has 0 unspecified atom stereocenters. The second kappa shape index (κ2) is 9.34. The predicted octanol–water partition coefficient (Wildman–Crippen LogP) is 6.58. The first kappa shape index (κ1) is 22.2. The Morgan fingerprint density at radius 2 is 1.70 bits per heavy atom. The zero-order valence-corrected chi connectivity index (χ0v) is 18.7. The summed E-state index contributed by atoms with van der Waals surface area (Å²) in [7, 11) is 0. The van der Waals surface area contributed by atoms with Crippen molar-refractivity contribution in [2.24, 2.45) is 5.92 Å². The van der Waals surface area contributed by atoms with Gasteiger partial charge in [0, 0.05) is 30.8 Å². The molecule has 0 spiro atoms. The Balaban J connectivity index is 1.31. The third kappa shape index (κ3) is 4.72. The van der Waals surface area contributed by atoms with E-state index in [9.17, 15) is 18.0 Å². The number of aromatic nitrogens is 1. The molecule has 174 valence electrons. The van der Waals surface area contributed by atoms with Crippen LogP contribution in [0, 0.1) is 23.4 Å². The smallest absolute Gasteiger partial charge is 0.150 e. The quantitative estimate of drug-likeness (QED) is 0.438. The van der Waals surface area contributed by atoms with E-state index in [1.54, 1.807) is 12.1 Å². The van der Waals surface area contributed by atoms with Gasteiger partial charge in [0.05, 0.1) is 11.2 Å². The molecule has 2 aromatic carbocycles. The van der Waals surface area contributed by atoms with Gasteiger partial charge >= 0.3 is 0 Å². The van der Waals surface area contributed by atoms with Crippen LogP contribution in [0.3, 0.4) is 0 Å². The van der Waals surface area contributed by atoms with Gasteiger partial charge in [-0.3, -0.25) is 4.79 Å². The van der Waals surface area contributed by atoms with Crippen LogP contribution in [-0.2, 0) is 4.79 Å². The van der Waals surface area contributed by atoms with Crippen molar-refractivity contribution in [1.82, 2.24) is 9.88 Å². The van der Waals surface area contributed by atoms with Gasteiger partial charge in [0.25, 0.3) is 0 Å². The molecule has 0 amide bonds. The number of nitrogens with one attached hydrogen (secondary N) is 1.